The van der Waals surface area contributed by atoms with Crippen molar-refractivity contribution in [2.24, 2.45) is 5.73 Å². The third-order valence-electron chi connectivity index (χ3n) is 4.41. The second kappa shape index (κ2) is 7.65. The van der Waals surface area contributed by atoms with E-state index in [1.165, 1.54) is 33.4 Å². The largest absolute Gasteiger partial charge is 0.494 e. The van der Waals surface area contributed by atoms with Gasteiger partial charge in [-0.1, -0.05) is 35.4 Å². The minimum absolute atomic E-state index is 0.275. The lowest BCUT2D eigenvalue weighted by atomic mass is 9.88. The first kappa shape index (κ1) is 17.6. The summed E-state index contributed by atoms with van der Waals surface area (Å²) in [7, 11) is 0. The first-order chi connectivity index (χ1) is 10.9. The Hall–Kier alpha value is -1.80. The molecule has 2 N–H and O–H groups in total. The van der Waals surface area contributed by atoms with Gasteiger partial charge in [-0.2, -0.15) is 0 Å². The standard InChI is InChI=1S/C21H29NO/c1-6-23-21-11-17(5)16(4)10-20(21)19(13-22)12-18-8-14(2)7-15(3)9-18/h7-11,19H,6,12-13,22H2,1-5H3. The molecule has 0 saturated heterocycles. The topological polar surface area (TPSA) is 35.2 Å². The predicted molar refractivity (Wildman–Crippen MR) is 98.5 cm³/mol. The van der Waals surface area contributed by atoms with Crippen LogP contribution >= 0.6 is 0 Å². The Balaban J connectivity index is 2.38. The predicted octanol–water partition coefficient (Wildman–Crippen LogP) is 4.60. The van der Waals surface area contributed by atoms with Crippen molar-refractivity contribution in [3.63, 3.8) is 0 Å². The minimum Gasteiger partial charge on any atom is -0.494 e. The Morgan fingerprint density at radius 1 is 0.913 bits per heavy atom. The summed E-state index contributed by atoms with van der Waals surface area (Å²) in [5.74, 6) is 1.26. The van der Waals surface area contributed by atoms with Crippen molar-refractivity contribution in [3.8, 4) is 5.75 Å². The van der Waals surface area contributed by atoms with Crippen molar-refractivity contribution in [2.45, 2.75) is 47.0 Å². The lowest BCUT2D eigenvalue weighted by Crippen LogP contribution is -2.17. The van der Waals surface area contributed by atoms with Gasteiger partial charge in [-0.15, -0.1) is 0 Å². The van der Waals surface area contributed by atoms with E-state index in [2.05, 4.69) is 58.0 Å². The zero-order chi connectivity index (χ0) is 17.0. The average molecular weight is 311 g/mol. The highest BCUT2D eigenvalue weighted by atomic mass is 16.5. The summed E-state index contributed by atoms with van der Waals surface area (Å²) < 4.78 is 5.89. The van der Waals surface area contributed by atoms with Gasteiger partial charge in [0.1, 0.15) is 5.75 Å². The molecule has 0 aliphatic rings. The van der Waals surface area contributed by atoms with Crippen molar-refractivity contribution in [2.75, 3.05) is 13.2 Å². The molecule has 2 nitrogen and oxygen atoms in total. The number of hydrogen-bond acceptors (Lipinski definition) is 2. The van der Waals surface area contributed by atoms with Gasteiger partial charge in [0.15, 0.2) is 0 Å². The summed E-state index contributed by atoms with van der Waals surface area (Å²) in [5.41, 5.74) is 13.9. The van der Waals surface area contributed by atoms with E-state index in [0.29, 0.717) is 13.2 Å². The number of rotatable bonds is 6. The maximum atomic E-state index is 6.13. The molecule has 0 saturated carbocycles. The van der Waals surface area contributed by atoms with Crippen LogP contribution in [0.15, 0.2) is 30.3 Å². The molecule has 0 amide bonds. The molecule has 23 heavy (non-hydrogen) atoms. The highest BCUT2D eigenvalue weighted by molar-refractivity contribution is 5.45. The zero-order valence-corrected chi connectivity index (χ0v) is 15.1. The van der Waals surface area contributed by atoms with Gasteiger partial charge in [0.05, 0.1) is 6.61 Å². The molecule has 0 fully saturated rings. The lowest BCUT2D eigenvalue weighted by molar-refractivity contribution is 0.333. The summed E-state index contributed by atoms with van der Waals surface area (Å²) in [4.78, 5) is 0. The van der Waals surface area contributed by atoms with Crippen LogP contribution in [0, 0.1) is 27.7 Å². The molecule has 124 valence electrons. The smallest absolute Gasteiger partial charge is 0.123 e. The molecule has 0 aliphatic heterocycles. The lowest BCUT2D eigenvalue weighted by Gasteiger charge is -2.21. The van der Waals surface area contributed by atoms with Gasteiger partial charge in [-0.25, -0.2) is 0 Å². The summed E-state index contributed by atoms with van der Waals surface area (Å²) in [5, 5.41) is 0. The first-order valence-electron chi connectivity index (χ1n) is 8.45. The van der Waals surface area contributed by atoms with Crippen LogP contribution in [0.4, 0.5) is 0 Å². The molecule has 2 aromatic rings. The van der Waals surface area contributed by atoms with E-state index in [1.54, 1.807) is 0 Å². The fourth-order valence-electron chi connectivity index (χ4n) is 3.20. The molecule has 0 spiro atoms. The normalized spacial score (nSPS) is 12.3. The monoisotopic (exact) mass is 311 g/mol. The van der Waals surface area contributed by atoms with E-state index in [9.17, 15) is 0 Å². The highest BCUT2D eigenvalue weighted by Crippen LogP contribution is 2.32. The van der Waals surface area contributed by atoms with Gasteiger partial charge < -0.3 is 10.5 Å². The molecule has 2 heteroatoms. The van der Waals surface area contributed by atoms with Crippen LogP contribution in [-0.2, 0) is 6.42 Å². The molecular weight excluding hydrogens is 282 g/mol. The van der Waals surface area contributed by atoms with Crippen molar-refractivity contribution < 1.29 is 4.74 Å². The average Bonchev–Trinajstić information content (AvgIpc) is 2.48. The van der Waals surface area contributed by atoms with Crippen molar-refractivity contribution >= 4 is 0 Å². The molecule has 0 aromatic heterocycles. The maximum Gasteiger partial charge on any atom is 0.123 e. The second-order valence-electron chi connectivity index (χ2n) is 6.54. The fraction of sp³-hybridized carbons (Fsp3) is 0.429. The first-order valence-corrected chi connectivity index (χ1v) is 8.45. The Morgan fingerprint density at radius 3 is 2.09 bits per heavy atom. The number of ether oxygens (including phenoxy) is 1. The maximum absolute atomic E-state index is 6.13. The van der Waals surface area contributed by atoms with Crippen LogP contribution in [0.3, 0.4) is 0 Å². The zero-order valence-electron chi connectivity index (χ0n) is 15.1. The molecule has 0 radical (unpaired) electrons. The Labute approximate surface area is 140 Å². The van der Waals surface area contributed by atoms with E-state index in [0.717, 1.165) is 12.2 Å². The van der Waals surface area contributed by atoms with Crippen LogP contribution in [0.25, 0.3) is 0 Å². The van der Waals surface area contributed by atoms with E-state index >= 15 is 0 Å². The summed E-state index contributed by atoms with van der Waals surface area (Å²) in [6, 6.07) is 11.1. The van der Waals surface area contributed by atoms with Gasteiger partial charge in [0, 0.05) is 5.92 Å². The molecular formula is C21H29NO. The van der Waals surface area contributed by atoms with E-state index < -0.39 is 0 Å². The molecule has 0 bridgehead atoms. The molecule has 2 aromatic carbocycles. The quantitative estimate of drug-likeness (QED) is 0.846. The SMILES string of the molecule is CCOc1cc(C)c(C)cc1C(CN)Cc1cc(C)cc(C)c1. The van der Waals surface area contributed by atoms with Crippen LogP contribution in [0.1, 0.15) is 46.2 Å². The van der Waals surface area contributed by atoms with E-state index in [-0.39, 0.29) is 5.92 Å². The Morgan fingerprint density at radius 2 is 1.52 bits per heavy atom. The van der Waals surface area contributed by atoms with Crippen LogP contribution in [0.2, 0.25) is 0 Å². The molecule has 1 unspecified atom stereocenters. The Kier molecular flexibility index (Phi) is 5.84. The van der Waals surface area contributed by atoms with E-state index in [1.807, 2.05) is 6.92 Å². The van der Waals surface area contributed by atoms with Crippen molar-refractivity contribution in [3.05, 3.63) is 63.7 Å². The summed E-state index contributed by atoms with van der Waals surface area (Å²) in [6.07, 6.45) is 0.946. The second-order valence-corrected chi connectivity index (χ2v) is 6.54. The van der Waals surface area contributed by atoms with Gasteiger partial charge in [0.2, 0.25) is 0 Å². The third kappa shape index (κ3) is 4.35. The summed E-state index contributed by atoms with van der Waals surface area (Å²) >= 11 is 0. The van der Waals surface area contributed by atoms with Crippen LogP contribution in [-0.4, -0.2) is 13.2 Å². The van der Waals surface area contributed by atoms with Crippen molar-refractivity contribution in [1.29, 1.82) is 0 Å². The summed E-state index contributed by atoms with van der Waals surface area (Å²) in [6.45, 7) is 11.9. The van der Waals surface area contributed by atoms with Gasteiger partial charge in [-0.05, 0) is 75.9 Å². The fourth-order valence-corrected chi connectivity index (χ4v) is 3.20. The molecule has 0 heterocycles. The van der Waals surface area contributed by atoms with Crippen molar-refractivity contribution in [1.82, 2.24) is 0 Å². The number of aryl methyl sites for hydroxylation is 4. The molecule has 2 rings (SSSR count). The highest BCUT2D eigenvalue weighted by Gasteiger charge is 2.17. The Bertz CT molecular complexity index is 656. The molecule has 1 atom stereocenters. The van der Waals surface area contributed by atoms with Gasteiger partial charge in [-0.3, -0.25) is 0 Å². The van der Waals surface area contributed by atoms with Crippen LogP contribution in [0.5, 0.6) is 5.75 Å². The van der Waals surface area contributed by atoms with Gasteiger partial charge >= 0.3 is 0 Å². The number of benzene rings is 2. The van der Waals surface area contributed by atoms with E-state index in [4.69, 9.17) is 10.5 Å². The molecule has 0 aliphatic carbocycles. The number of nitrogens with two attached hydrogens (primary N) is 1. The minimum atomic E-state index is 0.275. The van der Waals surface area contributed by atoms with Gasteiger partial charge in [0.25, 0.3) is 0 Å². The third-order valence-corrected chi connectivity index (χ3v) is 4.41. The number of hydrogen-bond donors (Lipinski definition) is 1. The van der Waals surface area contributed by atoms with Crippen LogP contribution < -0.4 is 10.5 Å².